The van der Waals surface area contributed by atoms with Crippen molar-refractivity contribution >= 4 is 53.2 Å². The van der Waals surface area contributed by atoms with E-state index in [2.05, 4.69) is 36.6 Å². The van der Waals surface area contributed by atoms with Crippen molar-refractivity contribution in [2.45, 2.75) is 22.9 Å². The number of sulfonamides is 1. The van der Waals surface area contributed by atoms with E-state index in [1.165, 1.54) is 11.3 Å². The molecule has 92 valence electrons. The number of hydrogen-bond donors (Lipinski definition) is 1. The largest absolute Gasteiger partial charge is 0.251 e. The predicted molar refractivity (Wildman–Crippen MR) is 74.8 cm³/mol. The average molecular weight is 391 g/mol. The van der Waals surface area contributed by atoms with Gasteiger partial charge in [-0.2, -0.15) is 0 Å². The van der Waals surface area contributed by atoms with Crippen LogP contribution in [0, 0.1) is 5.92 Å². The maximum atomic E-state index is 11.9. The van der Waals surface area contributed by atoms with Crippen LogP contribution in [-0.4, -0.2) is 19.8 Å². The first-order valence-electron chi connectivity index (χ1n) is 4.71. The minimum Gasteiger partial charge on any atom is -0.209 e. The Kier molecular flexibility index (Phi) is 5.44. The Labute approximate surface area is 117 Å². The fourth-order valence-electron chi connectivity index (χ4n) is 0.962. The first kappa shape index (κ1) is 14.6. The lowest BCUT2D eigenvalue weighted by Crippen LogP contribution is -2.31. The standard InChI is InChI=1S/C9H13Br2NO2S2/c1-6(2)8(11)5-12-16(13,14)9-7(10)3-4-15-9/h3-4,6,8,12H,5H2,1-2H3. The second-order valence-corrected chi connectivity index (χ2v) is 8.58. The first-order chi connectivity index (χ1) is 7.34. The summed E-state index contributed by atoms with van der Waals surface area (Å²) in [6, 6.07) is 1.73. The van der Waals surface area contributed by atoms with Gasteiger partial charge in [-0.15, -0.1) is 11.3 Å². The molecule has 0 spiro atoms. The van der Waals surface area contributed by atoms with E-state index in [4.69, 9.17) is 0 Å². The Morgan fingerprint density at radius 3 is 2.56 bits per heavy atom. The molecule has 0 saturated heterocycles. The molecule has 0 fully saturated rings. The molecule has 0 saturated carbocycles. The van der Waals surface area contributed by atoms with Crippen molar-refractivity contribution in [1.29, 1.82) is 0 Å². The molecule has 7 heteroatoms. The van der Waals surface area contributed by atoms with Crippen LogP contribution in [0.4, 0.5) is 0 Å². The summed E-state index contributed by atoms with van der Waals surface area (Å²) in [4.78, 5) is 0.140. The highest BCUT2D eigenvalue weighted by atomic mass is 79.9. The molecule has 3 nitrogen and oxygen atoms in total. The summed E-state index contributed by atoms with van der Waals surface area (Å²) >= 11 is 7.86. The zero-order valence-electron chi connectivity index (χ0n) is 8.91. The molecule has 1 N–H and O–H groups in total. The number of halogens is 2. The Hall–Kier alpha value is 0.570. The molecule has 0 aromatic carbocycles. The van der Waals surface area contributed by atoms with Gasteiger partial charge in [0, 0.05) is 15.8 Å². The number of rotatable bonds is 5. The summed E-state index contributed by atoms with van der Waals surface area (Å²) in [6.45, 7) is 4.47. The van der Waals surface area contributed by atoms with Gasteiger partial charge < -0.3 is 0 Å². The number of hydrogen-bond acceptors (Lipinski definition) is 3. The van der Waals surface area contributed by atoms with Crippen LogP contribution in [0.3, 0.4) is 0 Å². The highest BCUT2D eigenvalue weighted by Crippen LogP contribution is 2.27. The van der Waals surface area contributed by atoms with Gasteiger partial charge in [-0.05, 0) is 33.3 Å². The normalized spacial score (nSPS) is 14.3. The summed E-state index contributed by atoms with van der Waals surface area (Å²) in [6.07, 6.45) is 0. The lowest BCUT2D eigenvalue weighted by molar-refractivity contribution is 0.564. The lowest BCUT2D eigenvalue weighted by atomic mass is 10.1. The van der Waals surface area contributed by atoms with Crippen molar-refractivity contribution in [2.75, 3.05) is 6.54 Å². The summed E-state index contributed by atoms with van der Waals surface area (Å²) in [5.74, 6) is 0.384. The second-order valence-electron chi connectivity index (χ2n) is 3.67. The van der Waals surface area contributed by atoms with E-state index >= 15 is 0 Å². The van der Waals surface area contributed by atoms with Gasteiger partial charge in [0.1, 0.15) is 4.21 Å². The third-order valence-corrected chi connectivity index (χ3v) is 7.49. The molecule has 1 heterocycles. The summed E-state index contributed by atoms with van der Waals surface area (Å²) < 4.78 is 27.3. The molecular weight excluding hydrogens is 378 g/mol. The van der Waals surface area contributed by atoms with Crippen LogP contribution in [0.15, 0.2) is 20.1 Å². The Morgan fingerprint density at radius 1 is 1.50 bits per heavy atom. The van der Waals surface area contributed by atoms with Crippen molar-refractivity contribution in [1.82, 2.24) is 4.72 Å². The van der Waals surface area contributed by atoms with Gasteiger partial charge in [0.15, 0.2) is 0 Å². The van der Waals surface area contributed by atoms with Crippen LogP contribution in [0.5, 0.6) is 0 Å². The van der Waals surface area contributed by atoms with Crippen molar-refractivity contribution in [2.24, 2.45) is 5.92 Å². The molecule has 1 atom stereocenters. The molecule has 0 amide bonds. The van der Waals surface area contributed by atoms with Crippen LogP contribution in [0.1, 0.15) is 13.8 Å². The van der Waals surface area contributed by atoms with Crippen LogP contribution >= 0.6 is 43.2 Å². The Morgan fingerprint density at radius 2 is 2.12 bits per heavy atom. The van der Waals surface area contributed by atoms with Gasteiger partial charge in [0.25, 0.3) is 10.0 Å². The van der Waals surface area contributed by atoms with E-state index < -0.39 is 10.0 Å². The zero-order chi connectivity index (χ0) is 12.3. The molecule has 0 aliphatic rings. The summed E-state index contributed by atoms with van der Waals surface area (Å²) in [5, 5.41) is 1.74. The van der Waals surface area contributed by atoms with Crippen LogP contribution < -0.4 is 4.72 Å². The van der Waals surface area contributed by atoms with E-state index in [9.17, 15) is 8.42 Å². The lowest BCUT2D eigenvalue weighted by Gasteiger charge is -2.14. The molecule has 1 unspecified atom stereocenters. The van der Waals surface area contributed by atoms with Gasteiger partial charge in [-0.3, -0.25) is 0 Å². The molecule has 0 bridgehead atoms. The van der Waals surface area contributed by atoms with Gasteiger partial charge >= 0.3 is 0 Å². The Balaban J connectivity index is 2.71. The molecule has 1 aromatic rings. The van der Waals surface area contributed by atoms with Gasteiger partial charge in [0.2, 0.25) is 0 Å². The minimum atomic E-state index is -3.38. The van der Waals surface area contributed by atoms with Gasteiger partial charge in [-0.25, -0.2) is 13.1 Å². The van der Waals surface area contributed by atoms with E-state index in [0.29, 0.717) is 21.1 Å². The Bertz CT molecular complexity index is 442. The second kappa shape index (κ2) is 5.95. The van der Waals surface area contributed by atoms with Gasteiger partial charge in [0.05, 0.1) is 0 Å². The molecule has 0 aliphatic carbocycles. The molecule has 16 heavy (non-hydrogen) atoms. The van der Waals surface area contributed by atoms with E-state index in [-0.39, 0.29) is 4.83 Å². The maximum absolute atomic E-state index is 11.9. The third kappa shape index (κ3) is 3.80. The van der Waals surface area contributed by atoms with Crippen LogP contribution in [-0.2, 0) is 10.0 Å². The van der Waals surface area contributed by atoms with Crippen molar-refractivity contribution < 1.29 is 8.42 Å². The highest BCUT2D eigenvalue weighted by molar-refractivity contribution is 9.10. The highest BCUT2D eigenvalue weighted by Gasteiger charge is 2.20. The fourth-order valence-corrected chi connectivity index (χ4v) is 4.78. The van der Waals surface area contributed by atoms with Crippen molar-refractivity contribution in [3.8, 4) is 0 Å². The van der Waals surface area contributed by atoms with E-state index in [0.717, 1.165) is 0 Å². The fraction of sp³-hybridized carbons (Fsp3) is 0.556. The predicted octanol–water partition coefficient (Wildman–Crippen LogP) is 3.21. The number of thiophene rings is 1. The first-order valence-corrected chi connectivity index (χ1v) is 8.78. The SMILES string of the molecule is CC(C)C(Br)CNS(=O)(=O)c1sccc1Br. The monoisotopic (exact) mass is 389 g/mol. The number of alkyl halides is 1. The van der Waals surface area contributed by atoms with Crippen molar-refractivity contribution in [3.63, 3.8) is 0 Å². The molecule has 1 aromatic heterocycles. The molecule has 1 rings (SSSR count). The minimum absolute atomic E-state index is 0.140. The van der Waals surface area contributed by atoms with E-state index in [1.807, 2.05) is 13.8 Å². The van der Waals surface area contributed by atoms with Crippen molar-refractivity contribution in [3.05, 3.63) is 15.9 Å². The van der Waals surface area contributed by atoms with Crippen LogP contribution in [0.2, 0.25) is 0 Å². The molecular formula is C9H13Br2NO2S2. The smallest absolute Gasteiger partial charge is 0.209 e. The number of nitrogens with one attached hydrogen (secondary N) is 1. The maximum Gasteiger partial charge on any atom is 0.251 e. The average Bonchev–Trinajstić information content (AvgIpc) is 2.61. The topological polar surface area (TPSA) is 46.2 Å². The molecule has 0 aliphatic heterocycles. The molecule has 0 radical (unpaired) electrons. The summed E-state index contributed by atoms with van der Waals surface area (Å²) in [7, 11) is -3.38. The zero-order valence-corrected chi connectivity index (χ0v) is 13.7. The summed E-state index contributed by atoms with van der Waals surface area (Å²) in [5.41, 5.74) is 0. The van der Waals surface area contributed by atoms with Gasteiger partial charge in [-0.1, -0.05) is 29.8 Å². The van der Waals surface area contributed by atoms with Crippen LogP contribution in [0.25, 0.3) is 0 Å². The third-order valence-electron chi connectivity index (χ3n) is 2.02. The van der Waals surface area contributed by atoms with E-state index in [1.54, 1.807) is 11.4 Å². The quantitative estimate of drug-likeness (QED) is 0.784.